The molecule has 1 fully saturated rings. The van der Waals surface area contributed by atoms with Gasteiger partial charge >= 0.3 is 6.03 Å². The molecule has 0 radical (unpaired) electrons. The first-order valence-electron chi connectivity index (χ1n) is 11.2. The summed E-state index contributed by atoms with van der Waals surface area (Å²) in [5.41, 5.74) is 1.51. The van der Waals surface area contributed by atoms with Crippen molar-refractivity contribution in [2.45, 2.75) is 45.3 Å². The maximum Gasteiger partial charge on any atom is 0.317 e. The van der Waals surface area contributed by atoms with Crippen LogP contribution in [0.5, 0.6) is 0 Å². The summed E-state index contributed by atoms with van der Waals surface area (Å²) in [4.78, 5) is 40.0. The number of nitrogens with zero attached hydrogens (tertiary/aromatic N) is 1. The zero-order chi connectivity index (χ0) is 22.9. The normalized spacial score (nSPS) is 15.2. The maximum absolute atomic E-state index is 13.1. The molecule has 1 aliphatic rings. The SMILES string of the molecule is CC(C)NC(=O)N1CCC(C(NC(=O)c2ccccc2)C(=O)NCc2ccccc2)CC1. The molecule has 7 nitrogen and oxygen atoms in total. The first kappa shape index (κ1) is 23.3. The number of hydrogen-bond donors (Lipinski definition) is 3. The predicted octanol–water partition coefficient (Wildman–Crippen LogP) is 2.93. The molecule has 3 rings (SSSR count). The Morgan fingerprint density at radius 3 is 2.09 bits per heavy atom. The van der Waals surface area contributed by atoms with E-state index in [0.717, 1.165) is 5.56 Å². The highest BCUT2D eigenvalue weighted by Crippen LogP contribution is 2.22. The van der Waals surface area contributed by atoms with Crippen molar-refractivity contribution in [1.29, 1.82) is 0 Å². The van der Waals surface area contributed by atoms with Gasteiger partial charge in [0.15, 0.2) is 0 Å². The molecule has 2 aromatic rings. The van der Waals surface area contributed by atoms with Crippen LogP contribution in [-0.2, 0) is 11.3 Å². The van der Waals surface area contributed by atoms with E-state index in [0.29, 0.717) is 38.0 Å². The molecule has 2 aromatic carbocycles. The van der Waals surface area contributed by atoms with Gasteiger partial charge in [-0.15, -0.1) is 0 Å². The number of hydrogen-bond acceptors (Lipinski definition) is 3. The number of nitrogens with one attached hydrogen (secondary N) is 3. The molecule has 1 aliphatic heterocycles. The van der Waals surface area contributed by atoms with E-state index in [1.54, 1.807) is 29.2 Å². The Hall–Kier alpha value is -3.35. The van der Waals surface area contributed by atoms with Crippen molar-refractivity contribution in [2.75, 3.05) is 13.1 Å². The highest BCUT2D eigenvalue weighted by Gasteiger charge is 2.34. The van der Waals surface area contributed by atoms with Gasteiger partial charge in [0.05, 0.1) is 0 Å². The highest BCUT2D eigenvalue weighted by atomic mass is 16.2. The predicted molar refractivity (Wildman–Crippen MR) is 124 cm³/mol. The molecule has 0 bridgehead atoms. The van der Waals surface area contributed by atoms with Gasteiger partial charge in [-0.1, -0.05) is 48.5 Å². The Kier molecular flexibility index (Phi) is 8.25. The number of benzene rings is 2. The highest BCUT2D eigenvalue weighted by molar-refractivity contribution is 5.97. The van der Waals surface area contributed by atoms with Crippen LogP contribution in [0.4, 0.5) is 4.79 Å². The summed E-state index contributed by atoms with van der Waals surface area (Å²) < 4.78 is 0. The van der Waals surface area contributed by atoms with Crippen molar-refractivity contribution in [3.8, 4) is 0 Å². The molecule has 1 unspecified atom stereocenters. The van der Waals surface area contributed by atoms with E-state index in [1.165, 1.54) is 0 Å². The molecule has 0 aromatic heterocycles. The fraction of sp³-hybridized carbons (Fsp3) is 0.400. The van der Waals surface area contributed by atoms with Gasteiger partial charge in [-0.2, -0.15) is 0 Å². The molecule has 32 heavy (non-hydrogen) atoms. The fourth-order valence-corrected chi connectivity index (χ4v) is 3.88. The van der Waals surface area contributed by atoms with Gasteiger partial charge in [-0.3, -0.25) is 9.59 Å². The van der Waals surface area contributed by atoms with E-state index in [1.807, 2.05) is 50.2 Å². The van der Waals surface area contributed by atoms with E-state index in [9.17, 15) is 14.4 Å². The van der Waals surface area contributed by atoms with Crippen molar-refractivity contribution in [3.63, 3.8) is 0 Å². The number of urea groups is 1. The minimum atomic E-state index is -0.665. The molecule has 7 heteroatoms. The van der Waals surface area contributed by atoms with Crippen LogP contribution >= 0.6 is 0 Å². The Labute approximate surface area is 189 Å². The zero-order valence-corrected chi connectivity index (χ0v) is 18.7. The average molecular weight is 437 g/mol. The largest absolute Gasteiger partial charge is 0.350 e. The fourth-order valence-electron chi connectivity index (χ4n) is 3.88. The molecule has 3 N–H and O–H groups in total. The lowest BCUT2D eigenvalue weighted by molar-refractivity contribution is -0.124. The van der Waals surface area contributed by atoms with Gasteiger partial charge in [-0.05, 0) is 50.3 Å². The zero-order valence-electron chi connectivity index (χ0n) is 18.7. The van der Waals surface area contributed by atoms with Crippen LogP contribution in [0.2, 0.25) is 0 Å². The molecule has 4 amide bonds. The van der Waals surface area contributed by atoms with Crippen LogP contribution in [-0.4, -0.2) is 47.9 Å². The second-order valence-electron chi connectivity index (χ2n) is 8.45. The molecule has 0 spiro atoms. The molecule has 0 saturated carbocycles. The van der Waals surface area contributed by atoms with Crippen molar-refractivity contribution < 1.29 is 14.4 Å². The molecular formula is C25H32N4O3. The average Bonchev–Trinajstić information content (AvgIpc) is 2.82. The summed E-state index contributed by atoms with van der Waals surface area (Å²) in [7, 11) is 0. The second kappa shape index (κ2) is 11.3. The first-order valence-corrected chi connectivity index (χ1v) is 11.2. The van der Waals surface area contributed by atoms with E-state index in [2.05, 4.69) is 16.0 Å². The molecule has 170 valence electrons. The third kappa shape index (κ3) is 6.57. The number of carbonyl (C=O) groups excluding carboxylic acids is 3. The Morgan fingerprint density at radius 1 is 0.906 bits per heavy atom. The lowest BCUT2D eigenvalue weighted by atomic mass is 9.88. The van der Waals surface area contributed by atoms with E-state index < -0.39 is 6.04 Å². The van der Waals surface area contributed by atoms with E-state index in [-0.39, 0.29) is 29.8 Å². The van der Waals surface area contributed by atoms with Gasteiger partial charge in [-0.25, -0.2) is 4.79 Å². The van der Waals surface area contributed by atoms with Crippen LogP contribution in [0.3, 0.4) is 0 Å². The number of carbonyl (C=O) groups is 3. The van der Waals surface area contributed by atoms with Gasteiger partial charge < -0.3 is 20.9 Å². The van der Waals surface area contributed by atoms with Crippen molar-refractivity contribution >= 4 is 17.8 Å². The van der Waals surface area contributed by atoms with E-state index >= 15 is 0 Å². The van der Waals surface area contributed by atoms with Crippen LogP contribution in [0, 0.1) is 5.92 Å². The Bertz CT molecular complexity index is 894. The van der Waals surface area contributed by atoms with Crippen LogP contribution in [0.15, 0.2) is 60.7 Å². The van der Waals surface area contributed by atoms with Crippen LogP contribution in [0.1, 0.15) is 42.6 Å². The number of rotatable bonds is 7. The van der Waals surface area contributed by atoms with Gasteiger partial charge in [0.25, 0.3) is 5.91 Å². The van der Waals surface area contributed by atoms with Crippen molar-refractivity contribution in [2.24, 2.45) is 5.92 Å². The quantitative estimate of drug-likeness (QED) is 0.623. The summed E-state index contributed by atoms with van der Waals surface area (Å²) >= 11 is 0. The van der Waals surface area contributed by atoms with Gasteiger partial charge in [0.1, 0.15) is 6.04 Å². The van der Waals surface area contributed by atoms with E-state index in [4.69, 9.17) is 0 Å². The van der Waals surface area contributed by atoms with Crippen LogP contribution in [0.25, 0.3) is 0 Å². The van der Waals surface area contributed by atoms with Crippen LogP contribution < -0.4 is 16.0 Å². The number of piperidine rings is 1. The minimum absolute atomic E-state index is 0.0541. The minimum Gasteiger partial charge on any atom is -0.350 e. The lowest BCUT2D eigenvalue weighted by Gasteiger charge is -2.36. The Morgan fingerprint density at radius 2 is 1.50 bits per heavy atom. The number of likely N-dealkylation sites (tertiary alicyclic amines) is 1. The number of amides is 4. The topological polar surface area (TPSA) is 90.5 Å². The molecular weight excluding hydrogens is 404 g/mol. The summed E-state index contributed by atoms with van der Waals surface area (Å²) in [6, 6.07) is 17.9. The molecule has 1 saturated heterocycles. The van der Waals surface area contributed by atoms with Crippen molar-refractivity contribution in [3.05, 3.63) is 71.8 Å². The van der Waals surface area contributed by atoms with Gasteiger partial charge in [0, 0.05) is 31.2 Å². The van der Waals surface area contributed by atoms with Crippen molar-refractivity contribution in [1.82, 2.24) is 20.9 Å². The molecule has 1 atom stereocenters. The summed E-state index contributed by atoms with van der Waals surface area (Å²) in [6.45, 7) is 5.35. The third-order valence-electron chi connectivity index (χ3n) is 5.62. The smallest absolute Gasteiger partial charge is 0.317 e. The standard InChI is InChI=1S/C25H32N4O3/c1-18(2)27-25(32)29-15-13-20(14-16-29)22(28-23(30)21-11-7-4-8-12-21)24(31)26-17-19-9-5-3-6-10-19/h3-12,18,20,22H,13-17H2,1-2H3,(H,26,31)(H,27,32)(H,28,30). The molecule has 1 heterocycles. The summed E-state index contributed by atoms with van der Waals surface area (Å²) in [6.07, 6.45) is 1.29. The maximum atomic E-state index is 13.1. The lowest BCUT2D eigenvalue weighted by Crippen LogP contribution is -2.54. The monoisotopic (exact) mass is 436 g/mol. The third-order valence-corrected chi connectivity index (χ3v) is 5.62. The van der Waals surface area contributed by atoms with Gasteiger partial charge in [0.2, 0.25) is 5.91 Å². The second-order valence-corrected chi connectivity index (χ2v) is 8.45. The first-order chi connectivity index (χ1) is 15.4. The summed E-state index contributed by atoms with van der Waals surface area (Å²) in [5, 5.41) is 8.82. The molecule has 0 aliphatic carbocycles. The Balaban J connectivity index is 1.66. The summed E-state index contributed by atoms with van der Waals surface area (Å²) in [5.74, 6) is -0.532.